The SMILES string of the molecule is CCCNC(=O)CN1CCC(NC(=NCc2ccccc2)NCCc2ccco2)CC1. The second kappa shape index (κ2) is 12.8. The molecular formula is C24H35N5O2. The molecule has 2 aromatic rings. The van der Waals surface area contributed by atoms with Gasteiger partial charge in [0.1, 0.15) is 5.76 Å². The normalized spacial score (nSPS) is 15.6. The summed E-state index contributed by atoms with van der Waals surface area (Å²) < 4.78 is 5.42. The van der Waals surface area contributed by atoms with Crippen molar-refractivity contribution < 1.29 is 9.21 Å². The van der Waals surface area contributed by atoms with Gasteiger partial charge in [0.05, 0.1) is 19.4 Å². The smallest absolute Gasteiger partial charge is 0.234 e. The van der Waals surface area contributed by atoms with Crippen molar-refractivity contribution in [2.75, 3.05) is 32.7 Å². The number of amides is 1. The fourth-order valence-electron chi connectivity index (χ4n) is 3.62. The van der Waals surface area contributed by atoms with Crippen LogP contribution in [0.4, 0.5) is 0 Å². The maximum atomic E-state index is 12.0. The summed E-state index contributed by atoms with van der Waals surface area (Å²) in [7, 11) is 0. The monoisotopic (exact) mass is 425 g/mol. The van der Waals surface area contributed by atoms with E-state index in [9.17, 15) is 4.79 Å². The van der Waals surface area contributed by atoms with E-state index >= 15 is 0 Å². The highest BCUT2D eigenvalue weighted by Crippen LogP contribution is 2.10. The van der Waals surface area contributed by atoms with Crippen LogP contribution in [0, 0.1) is 0 Å². The molecule has 1 aliphatic rings. The van der Waals surface area contributed by atoms with Crippen molar-refractivity contribution in [3.63, 3.8) is 0 Å². The van der Waals surface area contributed by atoms with E-state index in [0.717, 1.165) is 63.6 Å². The quantitative estimate of drug-likeness (QED) is 0.403. The Hall–Kier alpha value is -2.80. The lowest BCUT2D eigenvalue weighted by Crippen LogP contribution is -2.50. The number of hydrogen-bond acceptors (Lipinski definition) is 4. The molecule has 1 amide bonds. The summed E-state index contributed by atoms with van der Waals surface area (Å²) >= 11 is 0. The number of rotatable bonds is 10. The third-order valence-corrected chi connectivity index (χ3v) is 5.37. The molecule has 0 radical (unpaired) electrons. The Morgan fingerprint density at radius 1 is 1.10 bits per heavy atom. The van der Waals surface area contributed by atoms with Crippen molar-refractivity contribution in [2.45, 2.75) is 45.2 Å². The molecular weight excluding hydrogens is 390 g/mol. The van der Waals surface area contributed by atoms with Gasteiger partial charge >= 0.3 is 0 Å². The Morgan fingerprint density at radius 2 is 1.90 bits per heavy atom. The first-order valence-corrected chi connectivity index (χ1v) is 11.3. The van der Waals surface area contributed by atoms with Crippen LogP contribution in [0.3, 0.4) is 0 Å². The number of carbonyl (C=O) groups excluding carboxylic acids is 1. The fraction of sp³-hybridized carbons (Fsp3) is 0.500. The van der Waals surface area contributed by atoms with Crippen molar-refractivity contribution in [3.8, 4) is 0 Å². The molecule has 0 spiro atoms. The summed E-state index contributed by atoms with van der Waals surface area (Å²) in [6.45, 7) is 6.52. The van der Waals surface area contributed by atoms with Crippen molar-refractivity contribution in [1.82, 2.24) is 20.9 Å². The zero-order chi connectivity index (χ0) is 21.7. The van der Waals surface area contributed by atoms with Crippen molar-refractivity contribution in [2.24, 2.45) is 4.99 Å². The molecule has 7 heteroatoms. The molecule has 0 saturated carbocycles. The van der Waals surface area contributed by atoms with Crippen molar-refractivity contribution >= 4 is 11.9 Å². The summed E-state index contributed by atoms with van der Waals surface area (Å²) in [6.07, 6.45) is 5.46. The van der Waals surface area contributed by atoms with Crippen LogP contribution in [0.15, 0.2) is 58.1 Å². The van der Waals surface area contributed by atoms with Crippen LogP contribution in [-0.4, -0.2) is 55.5 Å². The summed E-state index contributed by atoms with van der Waals surface area (Å²) in [4.78, 5) is 19.0. The number of guanidine groups is 1. The molecule has 3 rings (SSSR count). The molecule has 0 unspecified atom stereocenters. The highest BCUT2D eigenvalue weighted by molar-refractivity contribution is 5.80. The standard InChI is InChI=1S/C24H35N5O2/c1-2-13-25-23(30)19-29-15-11-21(12-16-29)28-24(26-14-10-22-9-6-17-31-22)27-18-20-7-4-3-5-8-20/h3-9,17,21H,2,10-16,18-19H2,1H3,(H,25,30)(H2,26,27,28). The minimum atomic E-state index is 0.123. The average Bonchev–Trinajstić information content (AvgIpc) is 3.31. The molecule has 168 valence electrons. The van der Waals surface area contributed by atoms with Crippen molar-refractivity contribution in [1.29, 1.82) is 0 Å². The summed E-state index contributed by atoms with van der Waals surface area (Å²) in [6, 6.07) is 14.5. The molecule has 0 atom stereocenters. The van der Waals surface area contributed by atoms with Crippen LogP contribution in [0.1, 0.15) is 37.5 Å². The lowest BCUT2D eigenvalue weighted by atomic mass is 10.1. The number of benzene rings is 1. The lowest BCUT2D eigenvalue weighted by Gasteiger charge is -2.32. The van der Waals surface area contributed by atoms with Gasteiger partial charge in [-0.3, -0.25) is 9.69 Å². The minimum absolute atomic E-state index is 0.123. The van der Waals surface area contributed by atoms with Gasteiger partial charge in [-0.1, -0.05) is 37.3 Å². The van der Waals surface area contributed by atoms with E-state index in [1.807, 2.05) is 30.3 Å². The number of nitrogens with zero attached hydrogens (tertiary/aromatic N) is 2. The number of furan rings is 1. The molecule has 0 aliphatic carbocycles. The molecule has 3 N–H and O–H groups in total. The second-order valence-electron chi connectivity index (χ2n) is 7.95. The molecule has 7 nitrogen and oxygen atoms in total. The zero-order valence-electron chi connectivity index (χ0n) is 18.5. The number of hydrogen-bond donors (Lipinski definition) is 3. The Labute approximate surface area is 185 Å². The molecule has 1 fully saturated rings. The topological polar surface area (TPSA) is 81.9 Å². The predicted molar refractivity (Wildman–Crippen MR) is 124 cm³/mol. The predicted octanol–water partition coefficient (Wildman–Crippen LogP) is 2.55. The van der Waals surface area contributed by atoms with Gasteiger partial charge in [0, 0.05) is 38.6 Å². The van der Waals surface area contributed by atoms with E-state index in [4.69, 9.17) is 9.41 Å². The average molecular weight is 426 g/mol. The Kier molecular flexibility index (Phi) is 9.44. The van der Waals surface area contributed by atoms with E-state index in [1.165, 1.54) is 5.56 Å². The summed E-state index contributed by atoms with van der Waals surface area (Å²) in [5.74, 6) is 1.91. The van der Waals surface area contributed by atoms with Crippen molar-refractivity contribution in [3.05, 3.63) is 60.1 Å². The highest BCUT2D eigenvalue weighted by Gasteiger charge is 2.21. The van der Waals surface area contributed by atoms with Crippen LogP contribution in [0.5, 0.6) is 0 Å². The maximum Gasteiger partial charge on any atom is 0.234 e. The highest BCUT2D eigenvalue weighted by atomic mass is 16.3. The molecule has 0 bridgehead atoms. The summed E-state index contributed by atoms with van der Waals surface area (Å²) in [5.41, 5.74) is 1.18. The molecule has 1 saturated heterocycles. The number of likely N-dealkylation sites (tertiary alicyclic amines) is 1. The van der Waals surface area contributed by atoms with Gasteiger partial charge < -0.3 is 20.4 Å². The number of aliphatic imine (C=N–C) groups is 1. The Morgan fingerprint density at radius 3 is 2.61 bits per heavy atom. The van der Waals surface area contributed by atoms with Gasteiger partial charge in [-0.05, 0) is 37.0 Å². The Bertz CT molecular complexity index is 784. The zero-order valence-corrected chi connectivity index (χ0v) is 18.5. The van der Waals surface area contributed by atoms with Crippen LogP contribution in [-0.2, 0) is 17.8 Å². The summed E-state index contributed by atoms with van der Waals surface area (Å²) in [5, 5.41) is 10.00. The molecule has 1 aliphatic heterocycles. The van der Waals surface area contributed by atoms with Gasteiger partial charge in [0.15, 0.2) is 5.96 Å². The third kappa shape index (κ3) is 8.45. The first-order chi connectivity index (χ1) is 15.2. The van der Waals surface area contributed by atoms with Gasteiger partial charge in [-0.25, -0.2) is 4.99 Å². The number of piperidine rings is 1. The lowest BCUT2D eigenvalue weighted by molar-refractivity contribution is -0.122. The van der Waals surface area contributed by atoms with E-state index in [-0.39, 0.29) is 5.91 Å². The van der Waals surface area contributed by atoms with E-state index in [2.05, 4.69) is 39.9 Å². The molecule has 1 aromatic carbocycles. The van der Waals surface area contributed by atoms with Crippen LogP contribution >= 0.6 is 0 Å². The van der Waals surface area contributed by atoms with E-state index in [0.29, 0.717) is 19.1 Å². The van der Waals surface area contributed by atoms with Crippen LogP contribution < -0.4 is 16.0 Å². The van der Waals surface area contributed by atoms with Crippen LogP contribution in [0.2, 0.25) is 0 Å². The molecule has 1 aromatic heterocycles. The van der Waals surface area contributed by atoms with Crippen LogP contribution in [0.25, 0.3) is 0 Å². The van der Waals surface area contributed by atoms with Gasteiger partial charge in [-0.2, -0.15) is 0 Å². The molecule has 2 heterocycles. The van der Waals surface area contributed by atoms with Gasteiger partial charge in [0.25, 0.3) is 0 Å². The number of carbonyl (C=O) groups is 1. The van der Waals surface area contributed by atoms with Gasteiger partial charge in [0.2, 0.25) is 5.91 Å². The minimum Gasteiger partial charge on any atom is -0.469 e. The first kappa shape index (κ1) is 22.9. The maximum absolute atomic E-state index is 12.0. The van der Waals surface area contributed by atoms with E-state index < -0.39 is 0 Å². The number of nitrogens with one attached hydrogen (secondary N) is 3. The van der Waals surface area contributed by atoms with Gasteiger partial charge in [-0.15, -0.1) is 0 Å². The van der Waals surface area contributed by atoms with E-state index in [1.54, 1.807) is 6.26 Å². The third-order valence-electron chi connectivity index (χ3n) is 5.37. The largest absolute Gasteiger partial charge is 0.469 e. The first-order valence-electron chi connectivity index (χ1n) is 11.3. The fourth-order valence-corrected chi connectivity index (χ4v) is 3.62. The second-order valence-corrected chi connectivity index (χ2v) is 7.95. The molecule has 31 heavy (non-hydrogen) atoms. The Balaban J connectivity index is 1.48.